The average Bonchev–Trinajstić information content (AvgIpc) is 3.23. The van der Waals surface area contributed by atoms with Gasteiger partial charge in [0, 0.05) is 17.0 Å². The number of esters is 1. The van der Waals surface area contributed by atoms with Gasteiger partial charge in [0.05, 0.1) is 17.6 Å². The molecule has 0 atom stereocenters. The molecule has 0 radical (unpaired) electrons. The van der Waals surface area contributed by atoms with Gasteiger partial charge < -0.3 is 18.1 Å². The van der Waals surface area contributed by atoms with Crippen molar-refractivity contribution in [2.75, 3.05) is 6.61 Å². The van der Waals surface area contributed by atoms with Gasteiger partial charge in [-0.2, -0.15) is 21.6 Å². The van der Waals surface area contributed by atoms with Crippen molar-refractivity contribution in [1.82, 2.24) is 0 Å². The highest BCUT2D eigenvalue weighted by Crippen LogP contribution is 2.42. The van der Waals surface area contributed by atoms with Gasteiger partial charge in [0.15, 0.2) is 11.6 Å². The van der Waals surface area contributed by atoms with E-state index in [0.717, 1.165) is 0 Å². The Morgan fingerprint density at radius 3 is 2.31 bits per heavy atom. The molecule has 3 aromatic carbocycles. The van der Waals surface area contributed by atoms with Crippen molar-refractivity contribution >= 4 is 32.7 Å². The summed E-state index contributed by atoms with van der Waals surface area (Å²) in [4.78, 5) is 23.1. The third kappa shape index (κ3) is 5.47. The van der Waals surface area contributed by atoms with Gasteiger partial charge >= 0.3 is 27.3 Å². The molecule has 0 N–H and O–H groups in total. The Morgan fingerprint density at radius 1 is 1.05 bits per heavy atom. The molecule has 4 aromatic rings. The van der Waals surface area contributed by atoms with Gasteiger partial charge in [-0.15, -0.1) is 0 Å². The molecule has 0 aliphatic heterocycles. The van der Waals surface area contributed by atoms with E-state index in [0.29, 0.717) is 12.1 Å². The van der Waals surface area contributed by atoms with E-state index in [9.17, 15) is 40.9 Å². The van der Waals surface area contributed by atoms with Gasteiger partial charge in [0.2, 0.25) is 5.75 Å². The number of carbonyl (C=O) groups is 1. The summed E-state index contributed by atoms with van der Waals surface area (Å²) in [5, 5.41) is 11.2. The van der Waals surface area contributed by atoms with E-state index >= 15 is 0 Å². The Labute approximate surface area is 216 Å². The van der Waals surface area contributed by atoms with Crippen molar-refractivity contribution in [3.05, 3.63) is 82.2 Å². The van der Waals surface area contributed by atoms with Crippen LogP contribution in [0, 0.1) is 15.9 Å². The number of rotatable bonds is 8. The van der Waals surface area contributed by atoms with E-state index < -0.39 is 43.8 Å². The normalized spacial score (nSPS) is 11.8. The summed E-state index contributed by atoms with van der Waals surface area (Å²) in [6.07, 6.45) is 0. The van der Waals surface area contributed by atoms with Gasteiger partial charge in [-0.05, 0) is 43.3 Å². The molecule has 39 heavy (non-hydrogen) atoms. The molecule has 0 amide bonds. The molecule has 1 heterocycles. The number of carbonyl (C=O) groups excluding carboxylic acids is 1. The van der Waals surface area contributed by atoms with Crippen LogP contribution in [0.4, 0.5) is 23.2 Å². The van der Waals surface area contributed by atoms with E-state index in [1.165, 1.54) is 49.4 Å². The summed E-state index contributed by atoms with van der Waals surface area (Å²) in [7, 11) is -6.29. The van der Waals surface area contributed by atoms with Gasteiger partial charge in [-0.3, -0.25) is 10.1 Å². The summed E-state index contributed by atoms with van der Waals surface area (Å²) in [5.74, 6) is -2.99. The molecule has 10 nitrogen and oxygen atoms in total. The van der Waals surface area contributed by atoms with E-state index in [4.69, 9.17) is 13.9 Å². The smallest absolute Gasteiger partial charge is 0.462 e. The quantitative estimate of drug-likeness (QED) is 0.0594. The molecule has 1 aromatic heterocycles. The van der Waals surface area contributed by atoms with Gasteiger partial charge in [0.1, 0.15) is 22.7 Å². The first-order chi connectivity index (χ1) is 18.3. The highest BCUT2D eigenvalue weighted by molar-refractivity contribution is 7.88. The lowest BCUT2D eigenvalue weighted by Crippen LogP contribution is -2.28. The zero-order chi connectivity index (χ0) is 28.5. The zero-order valence-corrected chi connectivity index (χ0v) is 20.3. The number of benzene rings is 3. The Morgan fingerprint density at radius 2 is 1.72 bits per heavy atom. The summed E-state index contributed by atoms with van der Waals surface area (Å²) < 4.78 is 95.8. The van der Waals surface area contributed by atoms with Crippen molar-refractivity contribution in [3.8, 4) is 28.6 Å². The molecular weight excluding hydrogens is 554 g/mol. The Bertz CT molecular complexity index is 1680. The third-order valence-corrected chi connectivity index (χ3v) is 6.08. The number of furan rings is 1. The van der Waals surface area contributed by atoms with Crippen LogP contribution in [0.15, 0.2) is 65.1 Å². The fraction of sp³-hybridized carbons (Fsp3) is 0.125. The highest BCUT2D eigenvalue weighted by atomic mass is 32.2. The zero-order valence-electron chi connectivity index (χ0n) is 19.5. The van der Waals surface area contributed by atoms with E-state index in [2.05, 4.69) is 4.18 Å². The summed E-state index contributed by atoms with van der Waals surface area (Å²) >= 11 is 0. The number of fused-ring (bicyclic) bond motifs is 1. The maximum Gasteiger partial charge on any atom is 0.534 e. The fourth-order valence-electron chi connectivity index (χ4n) is 3.43. The van der Waals surface area contributed by atoms with Crippen LogP contribution in [0.2, 0.25) is 0 Å². The Balaban J connectivity index is 1.85. The molecule has 0 aliphatic rings. The summed E-state index contributed by atoms with van der Waals surface area (Å²) in [6.45, 7) is 1.35. The van der Waals surface area contributed by atoms with Gasteiger partial charge in [-0.1, -0.05) is 12.1 Å². The third-order valence-electron chi connectivity index (χ3n) is 5.11. The van der Waals surface area contributed by atoms with Crippen LogP contribution in [0.5, 0.6) is 17.2 Å². The molecule has 0 spiro atoms. The lowest BCUT2D eigenvalue weighted by atomic mass is 10.0. The first-order valence-electron chi connectivity index (χ1n) is 10.8. The number of hydrogen-bond acceptors (Lipinski definition) is 9. The van der Waals surface area contributed by atoms with Crippen LogP contribution >= 0.6 is 0 Å². The molecule has 4 rings (SSSR count). The number of alkyl halides is 3. The molecule has 204 valence electrons. The van der Waals surface area contributed by atoms with Crippen molar-refractivity contribution in [2.24, 2.45) is 0 Å². The molecule has 0 fully saturated rings. The minimum absolute atomic E-state index is 0.0603. The second-order valence-corrected chi connectivity index (χ2v) is 9.18. The molecule has 15 heteroatoms. The van der Waals surface area contributed by atoms with Gasteiger partial charge in [0.25, 0.3) is 0 Å². The number of nitro groups is 1. The number of ether oxygens (including phenoxy) is 2. The maximum atomic E-state index is 13.9. The summed E-state index contributed by atoms with van der Waals surface area (Å²) in [6, 6.07) is 12.4. The largest absolute Gasteiger partial charge is 0.534 e. The molecule has 0 aliphatic carbocycles. The number of nitro benzene ring substituents is 1. The molecule has 0 unspecified atom stereocenters. The summed E-state index contributed by atoms with van der Waals surface area (Å²) in [5.41, 5.74) is -7.56. The molecule has 0 saturated carbocycles. The van der Waals surface area contributed by atoms with Crippen LogP contribution in [0.1, 0.15) is 17.3 Å². The first kappa shape index (κ1) is 27.4. The van der Waals surface area contributed by atoms with Crippen LogP contribution in [-0.4, -0.2) is 31.4 Å². The number of para-hydroxylation sites is 1. The molecule has 0 saturated heterocycles. The van der Waals surface area contributed by atoms with Crippen molar-refractivity contribution in [1.29, 1.82) is 0 Å². The lowest BCUT2D eigenvalue weighted by molar-refractivity contribution is -0.385. The minimum atomic E-state index is -6.29. The maximum absolute atomic E-state index is 13.9. The van der Waals surface area contributed by atoms with Crippen molar-refractivity contribution in [3.63, 3.8) is 0 Å². The van der Waals surface area contributed by atoms with Crippen LogP contribution in [0.3, 0.4) is 0 Å². The topological polar surface area (TPSA) is 135 Å². The van der Waals surface area contributed by atoms with Crippen molar-refractivity contribution in [2.45, 2.75) is 12.4 Å². The lowest BCUT2D eigenvalue weighted by Gasteiger charge is -2.10. The Kier molecular flexibility index (Phi) is 7.19. The van der Waals surface area contributed by atoms with Crippen LogP contribution in [0.25, 0.3) is 22.3 Å². The van der Waals surface area contributed by atoms with E-state index in [1.54, 1.807) is 6.07 Å². The average molecular weight is 569 g/mol. The minimum Gasteiger partial charge on any atom is -0.462 e. The van der Waals surface area contributed by atoms with Gasteiger partial charge in [-0.25, -0.2) is 9.18 Å². The number of nitrogens with zero attached hydrogens (tertiary/aromatic N) is 1. The Hall–Kier alpha value is -4.66. The molecular formula is C24H15F4NO9S. The molecule has 0 bridgehead atoms. The predicted molar refractivity (Wildman–Crippen MR) is 126 cm³/mol. The fourth-order valence-corrected chi connectivity index (χ4v) is 3.89. The number of hydrogen-bond donors (Lipinski definition) is 0. The SMILES string of the molecule is CCOC(=O)c1c(-c2ccc(Oc3ccccc3F)cc2)oc2cc([N+](=O)[O-])c(OS(=O)(=O)C(F)(F)F)cc12. The van der Waals surface area contributed by atoms with Crippen LogP contribution in [-0.2, 0) is 14.9 Å². The van der Waals surface area contributed by atoms with Crippen molar-refractivity contribution < 1.29 is 53.8 Å². The van der Waals surface area contributed by atoms with E-state index in [1.807, 2.05) is 0 Å². The predicted octanol–water partition coefficient (Wildman–Crippen LogP) is 6.34. The highest BCUT2D eigenvalue weighted by Gasteiger charge is 2.49. The first-order valence-corrected chi connectivity index (χ1v) is 12.2. The number of halogens is 4. The second kappa shape index (κ2) is 10.2. The standard InChI is InChI=1S/C24H15F4NO9S/c1-2-35-23(30)21-15-11-20(38-39(33,34)24(26,27)28)17(29(31)32)12-19(15)37-22(21)13-7-9-14(10-8-13)36-18-6-4-3-5-16(18)25/h3-12H,2H2,1H3. The van der Waals surface area contributed by atoms with Crippen LogP contribution < -0.4 is 8.92 Å². The van der Waals surface area contributed by atoms with E-state index in [-0.39, 0.29) is 46.0 Å². The monoisotopic (exact) mass is 569 g/mol. The second-order valence-electron chi connectivity index (χ2n) is 7.64.